The number of fused-ring (bicyclic) bond motifs is 3. The SMILES string of the molecule is Cc1ccc([C@@H]2OC3(C(=O)c4ccccc4C3=O)[C@@H]3C(=O)N(CCc4ccccc4)C(=O)[C@@H]32)cc1. The number of likely N-dealkylation sites (tertiary alicyclic amines) is 1. The predicted molar refractivity (Wildman–Crippen MR) is 127 cm³/mol. The Labute approximate surface area is 202 Å². The van der Waals surface area contributed by atoms with Gasteiger partial charge in [0, 0.05) is 17.7 Å². The van der Waals surface area contributed by atoms with E-state index in [1.165, 1.54) is 4.90 Å². The van der Waals surface area contributed by atoms with Crippen molar-refractivity contribution >= 4 is 23.4 Å². The summed E-state index contributed by atoms with van der Waals surface area (Å²) in [7, 11) is 0. The molecule has 2 amide bonds. The number of nitrogens with zero attached hydrogens (tertiary/aromatic N) is 1. The van der Waals surface area contributed by atoms with Gasteiger partial charge in [0.25, 0.3) is 0 Å². The lowest BCUT2D eigenvalue weighted by molar-refractivity contribution is -0.144. The first-order valence-corrected chi connectivity index (χ1v) is 11.8. The highest BCUT2D eigenvalue weighted by molar-refractivity contribution is 6.35. The maximum absolute atomic E-state index is 13.8. The maximum atomic E-state index is 13.8. The van der Waals surface area contributed by atoms with Crippen molar-refractivity contribution in [2.45, 2.75) is 25.0 Å². The Morgan fingerprint density at radius 1 is 0.771 bits per heavy atom. The third-order valence-corrected chi connectivity index (χ3v) is 7.48. The fraction of sp³-hybridized carbons (Fsp3) is 0.241. The molecule has 2 saturated heterocycles. The molecule has 1 spiro atoms. The second kappa shape index (κ2) is 7.82. The average Bonchev–Trinajstić information content (AvgIpc) is 3.44. The minimum atomic E-state index is -2.02. The van der Waals surface area contributed by atoms with E-state index >= 15 is 0 Å². The number of carbonyl (C=O) groups is 4. The van der Waals surface area contributed by atoms with Gasteiger partial charge >= 0.3 is 0 Å². The minimum Gasteiger partial charge on any atom is -0.349 e. The monoisotopic (exact) mass is 465 g/mol. The molecule has 1 aliphatic carbocycles. The second-order valence-electron chi connectivity index (χ2n) is 9.46. The lowest BCUT2D eigenvalue weighted by atomic mass is 9.77. The van der Waals surface area contributed by atoms with Gasteiger partial charge in [-0.3, -0.25) is 24.1 Å². The van der Waals surface area contributed by atoms with Gasteiger partial charge < -0.3 is 4.74 Å². The normalized spacial score (nSPS) is 24.4. The summed E-state index contributed by atoms with van der Waals surface area (Å²) >= 11 is 0. The van der Waals surface area contributed by atoms with E-state index in [4.69, 9.17) is 4.74 Å². The molecule has 0 N–H and O–H groups in total. The van der Waals surface area contributed by atoms with E-state index in [1.54, 1.807) is 24.3 Å². The van der Waals surface area contributed by atoms with E-state index in [1.807, 2.05) is 61.5 Å². The van der Waals surface area contributed by atoms with Crippen LogP contribution in [0.25, 0.3) is 0 Å². The number of Topliss-reactive ketones (excluding diaryl/α,β-unsaturated/α-hetero) is 2. The van der Waals surface area contributed by atoms with Crippen molar-refractivity contribution in [3.63, 3.8) is 0 Å². The first-order chi connectivity index (χ1) is 16.9. The van der Waals surface area contributed by atoms with Crippen LogP contribution in [0.2, 0.25) is 0 Å². The number of carbonyl (C=O) groups excluding carboxylic acids is 4. The number of aryl methyl sites for hydroxylation is 1. The topological polar surface area (TPSA) is 80.8 Å². The molecule has 6 rings (SSSR count). The summed E-state index contributed by atoms with van der Waals surface area (Å²) in [6.07, 6.45) is -0.385. The van der Waals surface area contributed by atoms with Gasteiger partial charge in [-0.1, -0.05) is 84.4 Å². The van der Waals surface area contributed by atoms with Crippen LogP contribution in [0.3, 0.4) is 0 Å². The molecule has 6 nitrogen and oxygen atoms in total. The Balaban J connectivity index is 1.44. The van der Waals surface area contributed by atoms with Gasteiger partial charge in [0.1, 0.15) is 0 Å². The number of hydrogen-bond donors (Lipinski definition) is 0. The number of ether oxygens (including phenoxy) is 1. The Morgan fingerprint density at radius 2 is 1.37 bits per heavy atom. The van der Waals surface area contributed by atoms with E-state index in [9.17, 15) is 19.2 Å². The Hall–Kier alpha value is -3.90. The lowest BCUT2D eigenvalue weighted by Gasteiger charge is -2.27. The van der Waals surface area contributed by atoms with Crippen LogP contribution in [0, 0.1) is 18.8 Å². The number of ketones is 2. The number of amides is 2. The molecule has 3 aromatic rings. The first-order valence-electron chi connectivity index (χ1n) is 11.8. The summed E-state index contributed by atoms with van der Waals surface area (Å²) < 4.78 is 6.29. The summed E-state index contributed by atoms with van der Waals surface area (Å²) in [6, 6.07) is 23.5. The highest BCUT2D eigenvalue weighted by Crippen LogP contribution is 2.57. The highest BCUT2D eigenvalue weighted by atomic mass is 16.5. The predicted octanol–water partition coefficient (Wildman–Crippen LogP) is 3.73. The summed E-state index contributed by atoms with van der Waals surface area (Å²) in [6.45, 7) is 2.13. The summed E-state index contributed by atoms with van der Waals surface area (Å²) in [5, 5.41) is 0. The molecule has 2 fully saturated rings. The molecule has 2 heterocycles. The van der Waals surface area contributed by atoms with Gasteiger partial charge in [-0.15, -0.1) is 0 Å². The van der Waals surface area contributed by atoms with E-state index in [0.717, 1.165) is 11.1 Å². The zero-order chi connectivity index (χ0) is 24.3. The van der Waals surface area contributed by atoms with Gasteiger partial charge in [-0.2, -0.15) is 0 Å². The Kier molecular flexibility index (Phi) is 4.83. The Morgan fingerprint density at radius 3 is 2.00 bits per heavy atom. The zero-order valence-corrected chi connectivity index (χ0v) is 19.1. The van der Waals surface area contributed by atoms with E-state index in [2.05, 4.69) is 0 Å². The smallest absolute Gasteiger partial charge is 0.237 e. The minimum absolute atomic E-state index is 0.181. The molecule has 174 valence electrons. The van der Waals surface area contributed by atoms with Gasteiger partial charge in [0.2, 0.25) is 29.0 Å². The van der Waals surface area contributed by atoms with Crippen molar-refractivity contribution in [1.82, 2.24) is 4.90 Å². The standard InChI is InChI=1S/C29H23NO5/c1-17-11-13-19(14-12-17)24-22-23(28(34)30(27(22)33)16-15-18-7-3-2-4-8-18)29(35-24)25(31)20-9-5-6-10-21(20)26(29)32/h2-14,22-24H,15-16H2,1H3/t22-,23-,24-/m0/s1. The molecule has 0 radical (unpaired) electrons. The van der Waals surface area contributed by atoms with Gasteiger partial charge in [-0.05, 0) is 24.5 Å². The molecule has 0 bridgehead atoms. The molecule has 35 heavy (non-hydrogen) atoms. The van der Waals surface area contributed by atoms with Crippen molar-refractivity contribution in [3.8, 4) is 0 Å². The molecule has 2 aliphatic heterocycles. The molecular weight excluding hydrogens is 442 g/mol. The fourth-order valence-electron chi connectivity index (χ4n) is 5.74. The average molecular weight is 466 g/mol. The van der Waals surface area contributed by atoms with Crippen LogP contribution in [-0.2, 0) is 20.7 Å². The van der Waals surface area contributed by atoms with Crippen LogP contribution in [0.1, 0.15) is 43.5 Å². The van der Waals surface area contributed by atoms with E-state index < -0.39 is 46.9 Å². The fourth-order valence-corrected chi connectivity index (χ4v) is 5.74. The molecule has 0 unspecified atom stereocenters. The number of benzene rings is 3. The van der Waals surface area contributed by atoms with Crippen LogP contribution >= 0.6 is 0 Å². The highest BCUT2D eigenvalue weighted by Gasteiger charge is 2.74. The molecule has 3 atom stereocenters. The number of imide groups is 1. The van der Waals surface area contributed by atoms with Crippen molar-refractivity contribution in [3.05, 3.63) is 107 Å². The van der Waals surface area contributed by atoms with Crippen LogP contribution < -0.4 is 0 Å². The largest absolute Gasteiger partial charge is 0.349 e. The van der Waals surface area contributed by atoms with Crippen LogP contribution in [0.5, 0.6) is 0 Å². The molecule has 0 saturated carbocycles. The zero-order valence-electron chi connectivity index (χ0n) is 19.1. The third kappa shape index (κ3) is 2.99. The summed E-state index contributed by atoms with van der Waals surface area (Å²) in [5.74, 6) is -4.11. The summed E-state index contributed by atoms with van der Waals surface area (Å²) in [4.78, 5) is 56.1. The first kappa shape index (κ1) is 21.6. The quantitative estimate of drug-likeness (QED) is 0.433. The lowest BCUT2D eigenvalue weighted by Crippen LogP contribution is -2.51. The molecule has 3 aliphatic rings. The number of rotatable bonds is 4. The van der Waals surface area contributed by atoms with Crippen molar-refractivity contribution in [2.75, 3.05) is 6.54 Å². The second-order valence-corrected chi connectivity index (χ2v) is 9.46. The van der Waals surface area contributed by atoms with Crippen LogP contribution in [0.15, 0.2) is 78.9 Å². The van der Waals surface area contributed by atoms with Crippen LogP contribution in [-0.4, -0.2) is 40.4 Å². The molecular formula is C29H23NO5. The van der Waals surface area contributed by atoms with Gasteiger partial charge in [0.05, 0.1) is 17.9 Å². The molecule has 0 aromatic heterocycles. The van der Waals surface area contributed by atoms with Gasteiger partial charge in [0.15, 0.2) is 0 Å². The van der Waals surface area contributed by atoms with E-state index in [0.29, 0.717) is 12.0 Å². The van der Waals surface area contributed by atoms with Gasteiger partial charge in [-0.25, -0.2) is 0 Å². The van der Waals surface area contributed by atoms with Crippen molar-refractivity contribution < 1.29 is 23.9 Å². The van der Waals surface area contributed by atoms with Crippen molar-refractivity contribution in [2.24, 2.45) is 11.8 Å². The summed E-state index contributed by atoms with van der Waals surface area (Å²) in [5.41, 5.74) is 1.15. The Bertz CT molecular complexity index is 1340. The molecule has 6 heteroatoms. The number of hydrogen-bond acceptors (Lipinski definition) is 5. The van der Waals surface area contributed by atoms with Crippen molar-refractivity contribution in [1.29, 1.82) is 0 Å². The van der Waals surface area contributed by atoms with Crippen LogP contribution in [0.4, 0.5) is 0 Å². The maximum Gasteiger partial charge on any atom is 0.237 e. The van der Waals surface area contributed by atoms with E-state index in [-0.39, 0.29) is 17.7 Å². The third-order valence-electron chi connectivity index (χ3n) is 7.48. The molecule has 3 aromatic carbocycles.